The highest BCUT2D eigenvalue weighted by Crippen LogP contribution is 2.24. The largest absolute Gasteiger partial charge is 0.491 e. The quantitative estimate of drug-likeness (QED) is 0.764. The predicted molar refractivity (Wildman–Crippen MR) is 83.6 cm³/mol. The van der Waals surface area contributed by atoms with Crippen LogP contribution in [-0.4, -0.2) is 28.5 Å². The van der Waals surface area contributed by atoms with Crippen LogP contribution in [0.2, 0.25) is 0 Å². The summed E-state index contributed by atoms with van der Waals surface area (Å²) in [6.45, 7) is 7.55. The Morgan fingerprint density at radius 2 is 1.95 bits per heavy atom. The summed E-state index contributed by atoms with van der Waals surface area (Å²) in [5, 5.41) is 19.3. The van der Waals surface area contributed by atoms with E-state index in [-0.39, 0.29) is 12.0 Å². The molecule has 0 aliphatic carbocycles. The normalized spacial score (nSPS) is 11.4. The lowest BCUT2D eigenvalue weighted by Gasteiger charge is -2.18. The number of benzene rings is 1. The Labute approximate surface area is 125 Å². The van der Waals surface area contributed by atoms with Crippen LogP contribution in [0.15, 0.2) is 30.5 Å². The van der Waals surface area contributed by atoms with Crippen molar-refractivity contribution in [3.8, 4) is 5.75 Å². The van der Waals surface area contributed by atoms with Crippen LogP contribution in [-0.2, 0) is 12.0 Å². The molecule has 1 aromatic heterocycles. The van der Waals surface area contributed by atoms with Gasteiger partial charge < -0.3 is 15.2 Å². The fraction of sp³-hybridized carbons (Fsp3) is 0.438. The molecule has 2 aromatic rings. The minimum Gasteiger partial charge on any atom is -0.491 e. The number of hydrogen-bond acceptors (Lipinski definition) is 4. The molecule has 0 fully saturated rings. The van der Waals surface area contributed by atoms with Gasteiger partial charge in [-0.25, -0.2) is 0 Å². The monoisotopic (exact) mass is 289 g/mol. The number of aromatic nitrogens is 2. The molecule has 0 atom stereocenters. The number of anilines is 1. The van der Waals surface area contributed by atoms with Crippen LogP contribution in [0.4, 0.5) is 5.69 Å². The molecular formula is C16H23N3O2. The first-order chi connectivity index (χ1) is 10.0. The molecule has 3 N–H and O–H groups in total. The Morgan fingerprint density at radius 1 is 1.24 bits per heavy atom. The van der Waals surface area contributed by atoms with Gasteiger partial charge in [-0.05, 0) is 24.3 Å². The molecule has 5 nitrogen and oxygen atoms in total. The molecule has 0 spiro atoms. The zero-order valence-electron chi connectivity index (χ0n) is 12.8. The van der Waals surface area contributed by atoms with E-state index in [4.69, 9.17) is 9.84 Å². The van der Waals surface area contributed by atoms with E-state index in [1.165, 1.54) is 5.56 Å². The molecular weight excluding hydrogens is 266 g/mol. The van der Waals surface area contributed by atoms with Gasteiger partial charge in [-0.15, -0.1) is 0 Å². The van der Waals surface area contributed by atoms with Gasteiger partial charge in [0.05, 0.1) is 12.8 Å². The van der Waals surface area contributed by atoms with E-state index < -0.39 is 0 Å². The lowest BCUT2D eigenvalue weighted by molar-refractivity contribution is 0.201. The average Bonchev–Trinajstić information content (AvgIpc) is 2.92. The van der Waals surface area contributed by atoms with E-state index in [1.807, 2.05) is 30.5 Å². The topological polar surface area (TPSA) is 70.2 Å². The zero-order valence-corrected chi connectivity index (χ0v) is 12.8. The smallest absolute Gasteiger partial charge is 0.119 e. The molecule has 0 amide bonds. The maximum absolute atomic E-state index is 8.72. The highest BCUT2D eigenvalue weighted by Gasteiger charge is 2.19. The van der Waals surface area contributed by atoms with Crippen molar-refractivity contribution < 1.29 is 9.84 Å². The van der Waals surface area contributed by atoms with E-state index in [9.17, 15) is 0 Å². The lowest BCUT2D eigenvalue weighted by Crippen LogP contribution is -2.15. The molecule has 0 aliphatic rings. The third-order valence-electron chi connectivity index (χ3n) is 3.17. The number of aliphatic hydroxyl groups is 1. The minimum atomic E-state index is 0.0239. The van der Waals surface area contributed by atoms with E-state index in [2.05, 4.69) is 36.3 Å². The summed E-state index contributed by atoms with van der Waals surface area (Å²) in [6, 6.07) is 7.70. The Balaban J connectivity index is 1.96. The van der Waals surface area contributed by atoms with E-state index in [0.717, 1.165) is 23.7 Å². The summed E-state index contributed by atoms with van der Waals surface area (Å²) in [7, 11) is 0. The standard InChI is InChI=1S/C16H23N3O2/c1-16(2,3)15-12(11-18-19-15)10-17-13-4-6-14(7-5-13)21-9-8-20/h4-7,11,17,20H,8-10H2,1-3H3,(H,18,19). The Bertz CT molecular complexity index is 556. The van der Waals surface area contributed by atoms with Gasteiger partial charge in [0, 0.05) is 28.9 Å². The van der Waals surface area contributed by atoms with Gasteiger partial charge in [0.1, 0.15) is 12.4 Å². The molecule has 5 heteroatoms. The summed E-state index contributed by atoms with van der Waals surface area (Å²) in [4.78, 5) is 0. The number of nitrogens with zero attached hydrogens (tertiary/aromatic N) is 1. The van der Waals surface area contributed by atoms with Crippen LogP contribution in [0.25, 0.3) is 0 Å². The second-order valence-electron chi connectivity index (χ2n) is 5.97. The van der Waals surface area contributed by atoms with Crippen LogP contribution in [0.5, 0.6) is 5.75 Å². The fourth-order valence-electron chi connectivity index (χ4n) is 2.12. The van der Waals surface area contributed by atoms with Crippen molar-refractivity contribution in [3.05, 3.63) is 41.7 Å². The number of aromatic amines is 1. The molecule has 0 bridgehead atoms. The molecule has 0 unspecified atom stereocenters. The molecule has 0 aliphatic heterocycles. The molecule has 1 heterocycles. The highest BCUT2D eigenvalue weighted by molar-refractivity contribution is 5.47. The van der Waals surface area contributed by atoms with Gasteiger partial charge in [-0.2, -0.15) is 5.10 Å². The van der Waals surface area contributed by atoms with Crippen LogP contribution in [0, 0.1) is 0 Å². The average molecular weight is 289 g/mol. The van der Waals surface area contributed by atoms with Crippen LogP contribution in [0.1, 0.15) is 32.0 Å². The number of hydrogen-bond donors (Lipinski definition) is 3. The number of rotatable bonds is 6. The van der Waals surface area contributed by atoms with Gasteiger partial charge in [0.25, 0.3) is 0 Å². The van der Waals surface area contributed by atoms with E-state index in [0.29, 0.717) is 6.61 Å². The number of ether oxygens (including phenoxy) is 1. The Kier molecular flexibility index (Phi) is 4.85. The highest BCUT2D eigenvalue weighted by atomic mass is 16.5. The minimum absolute atomic E-state index is 0.0239. The van der Waals surface area contributed by atoms with Gasteiger partial charge in [0.15, 0.2) is 0 Å². The molecule has 1 aromatic carbocycles. The SMILES string of the molecule is CC(C)(C)c1[nH]ncc1CNc1ccc(OCCO)cc1. The third kappa shape index (κ3) is 4.23. The first-order valence-corrected chi connectivity index (χ1v) is 7.11. The molecule has 21 heavy (non-hydrogen) atoms. The van der Waals surface area contributed by atoms with Gasteiger partial charge in [-0.3, -0.25) is 5.10 Å². The molecule has 0 saturated heterocycles. The Hall–Kier alpha value is -2.01. The number of aliphatic hydroxyl groups excluding tert-OH is 1. The summed E-state index contributed by atoms with van der Waals surface area (Å²) < 4.78 is 5.33. The molecule has 114 valence electrons. The number of H-pyrrole nitrogens is 1. The van der Waals surface area contributed by atoms with Crippen molar-refractivity contribution in [3.63, 3.8) is 0 Å². The van der Waals surface area contributed by atoms with Crippen molar-refractivity contribution >= 4 is 5.69 Å². The third-order valence-corrected chi connectivity index (χ3v) is 3.17. The van der Waals surface area contributed by atoms with Crippen molar-refractivity contribution in [2.45, 2.75) is 32.7 Å². The van der Waals surface area contributed by atoms with Crippen molar-refractivity contribution in [1.29, 1.82) is 0 Å². The summed E-state index contributed by atoms with van der Waals surface area (Å²) >= 11 is 0. The molecule has 0 saturated carbocycles. The maximum Gasteiger partial charge on any atom is 0.119 e. The summed E-state index contributed by atoms with van der Waals surface area (Å²) in [5.41, 5.74) is 3.39. The van der Waals surface area contributed by atoms with E-state index in [1.54, 1.807) is 0 Å². The van der Waals surface area contributed by atoms with Crippen molar-refractivity contribution in [2.24, 2.45) is 0 Å². The van der Waals surface area contributed by atoms with Gasteiger partial charge >= 0.3 is 0 Å². The first kappa shape index (κ1) is 15.4. The lowest BCUT2D eigenvalue weighted by atomic mass is 9.89. The summed E-state index contributed by atoms with van der Waals surface area (Å²) in [5.74, 6) is 0.758. The van der Waals surface area contributed by atoms with Gasteiger partial charge in [-0.1, -0.05) is 20.8 Å². The second kappa shape index (κ2) is 6.63. The first-order valence-electron chi connectivity index (χ1n) is 7.11. The van der Waals surface area contributed by atoms with Crippen molar-refractivity contribution in [2.75, 3.05) is 18.5 Å². The van der Waals surface area contributed by atoms with Crippen LogP contribution in [0.3, 0.4) is 0 Å². The predicted octanol–water partition coefficient (Wildman–Crippen LogP) is 2.69. The van der Waals surface area contributed by atoms with E-state index >= 15 is 0 Å². The molecule has 2 rings (SSSR count). The Morgan fingerprint density at radius 3 is 2.57 bits per heavy atom. The summed E-state index contributed by atoms with van der Waals surface area (Å²) in [6.07, 6.45) is 1.87. The number of nitrogens with one attached hydrogen (secondary N) is 2. The van der Waals surface area contributed by atoms with Crippen LogP contribution < -0.4 is 10.1 Å². The fourth-order valence-corrected chi connectivity index (χ4v) is 2.12. The molecule has 0 radical (unpaired) electrons. The zero-order chi connectivity index (χ0) is 15.3. The van der Waals surface area contributed by atoms with Crippen LogP contribution >= 0.6 is 0 Å². The maximum atomic E-state index is 8.72. The second-order valence-corrected chi connectivity index (χ2v) is 5.97. The van der Waals surface area contributed by atoms with Crippen molar-refractivity contribution in [1.82, 2.24) is 10.2 Å². The van der Waals surface area contributed by atoms with Gasteiger partial charge in [0.2, 0.25) is 0 Å².